The van der Waals surface area contributed by atoms with Crippen molar-refractivity contribution in [2.75, 3.05) is 60.3 Å². The van der Waals surface area contributed by atoms with E-state index in [-0.39, 0.29) is 11.7 Å². The van der Waals surface area contributed by atoms with Crippen molar-refractivity contribution < 1.29 is 9.53 Å². The van der Waals surface area contributed by atoms with E-state index in [0.29, 0.717) is 18.4 Å². The van der Waals surface area contributed by atoms with Crippen LogP contribution in [0.25, 0.3) is 5.69 Å². The number of anilines is 3. The molecule has 35 heavy (non-hydrogen) atoms. The Labute approximate surface area is 210 Å². The van der Waals surface area contributed by atoms with Gasteiger partial charge in [-0.25, -0.2) is 0 Å². The van der Waals surface area contributed by atoms with Crippen LogP contribution in [0.15, 0.2) is 59.8 Å². The number of hydrogen-bond acceptors (Lipinski definition) is 7. The van der Waals surface area contributed by atoms with E-state index in [2.05, 4.69) is 37.4 Å². The predicted molar refractivity (Wildman–Crippen MR) is 141 cm³/mol. The Balaban J connectivity index is 1.23. The van der Waals surface area contributed by atoms with Gasteiger partial charge in [-0.2, -0.15) is 0 Å². The molecule has 0 radical (unpaired) electrons. The number of morpholine rings is 1. The quantitative estimate of drug-likeness (QED) is 0.495. The highest BCUT2D eigenvalue weighted by molar-refractivity contribution is 7.99. The molecule has 0 spiro atoms. The second-order valence-corrected chi connectivity index (χ2v) is 9.78. The minimum atomic E-state index is -0.0620. The monoisotopic (exact) mass is 492 g/mol. The van der Waals surface area contributed by atoms with Gasteiger partial charge in [-0.3, -0.25) is 9.36 Å². The van der Waals surface area contributed by atoms with Crippen LogP contribution >= 0.6 is 11.8 Å². The van der Waals surface area contributed by atoms with Crippen molar-refractivity contribution >= 4 is 35.0 Å². The first-order valence-corrected chi connectivity index (χ1v) is 13.4. The van der Waals surface area contributed by atoms with Gasteiger partial charge in [-0.1, -0.05) is 42.8 Å². The maximum absolute atomic E-state index is 12.7. The molecule has 1 amide bonds. The Morgan fingerprint density at radius 1 is 0.829 bits per heavy atom. The number of nitrogens with one attached hydrogen (secondary N) is 1. The number of ether oxygens (including phenoxy) is 1. The van der Waals surface area contributed by atoms with E-state index in [0.717, 1.165) is 43.5 Å². The van der Waals surface area contributed by atoms with Gasteiger partial charge in [0.2, 0.25) is 11.9 Å². The molecule has 3 aromatic rings. The summed E-state index contributed by atoms with van der Waals surface area (Å²) in [5.41, 5.74) is 3.02. The molecule has 0 saturated carbocycles. The Bertz CT molecular complexity index is 1090. The number of hydrogen-bond donors (Lipinski definition) is 1. The first kappa shape index (κ1) is 23.7. The highest BCUT2D eigenvalue weighted by atomic mass is 32.2. The van der Waals surface area contributed by atoms with Crippen molar-refractivity contribution in [1.82, 2.24) is 14.8 Å². The van der Waals surface area contributed by atoms with Crippen molar-refractivity contribution in [3.63, 3.8) is 0 Å². The van der Waals surface area contributed by atoms with Gasteiger partial charge < -0.3 is 19.9 Å². The van der Waals surface area contributed by atoms with Gasteiger partial charge in [0.05, 0.1) is 24.7 Å². The lowest BCUT2D eigenvalue weighted by molar-refractivity contribution is -0.113. The molecular weight excluding hydrogens is 460 g/mol. The summed E-state index contributed by atoms with van der Waals surface area (Å²) in [5.74, 6) is 0.974. The van der Waals surface area contributed by atoms with Crippen LogP contribution in [0.4, 0.5) is 17.3 Å². The molecule has 1 N–H and O–H groups in total. The summed E-state index contributed by atoms with van der Waals surface area (Å²) in [5, 5.41) is 12.6. The minimum Gasteiger partial charge on any atom is -0.378 e. The normalized spacial score (nSPS) is 16.7. The molecule has 2 aliphatic heterocycles. The number of amides is 1. The summed E-state index contributed by atoms with van der Waals surface area (Å²) in [6.07, 6.45) is 5.12. The first-order chi connectivity index (χ1) is 17.3. The molecule has 0 bridgehead atoms. The Kier molecular flexibility index (Phi) is 7.85. The third-order valence-corrected chi connectivity index (χ3v) is 7.31. The molecule has 9 heteroatoms. The highest BCUT2D eigenvalue weighted by Crippen LogP contribution is 2.27. The van der Waals surface area contributed by atoms with Crippen LogP contribution in [0.1, 0.15) is 25.7 Å². The molecule has 2 saturated heterocycles. The lowest BCUT2D eigenvalue weighted by Gasteiger charge is -2.27. The molecule has 0 aliphatic carbocycles. The summed E-state index contributed by atoms with van der Waals surface area (Å²) < 4.78 is 7.52. The number of nitrogens with zero attached hydrogens (tertiary/aromatic N) is 5. The molecular formula is C26H32N6O2S. The van der Waals surface area contributed by atoms with E-state index in [1.165, 1.54) is 43.1 Å². The first-order valence-electron chi connectivity index (χ1n) is 12.4. The number of benzene rings is 2. The summed E-state index contributed by atoms with van der Waals surface area (Å²) >= 11 is 1.39. The molecule has 2 fully saturated rings. The van der Waals surface area contributed by atoms with E-state index in [4.69, 9.17) is 4.74 Å². The second kappa shape index (κ2) is 11.6. The van der Waals surface area contributed by atoms with E-state index in [1.807, 2.05) is 47.0 Å². The molecule has 3 heterocycles. The zero-order valence-electron chi connectivity index (χ0n) is 19.9. The standard InChI is InChI=1S/C26H32N6O2S/c33-24(27-21-10-12-22(13-11-21)30-14-6-1-2-7-15-30)20-35-26-29-28-25(31-16-18-34-19-17-31)32(26)23-8-4-3-5-9-23/h3-5,8-13H,1-2,6-7,14-20H2,(H,27,33). The van der Waals surface area contributed by atoms with Crippen LogP contribution in [0.3, 0.4) is 0 Å². The van der Waals surface area contributed by atoms with Crippen LogP contribution < -0.4 is 15.1 Å². The summed E-state index contributed by atoms with van der Waals surface area (Å²) in [7, 11) is 0. The van der Waals surface area contributed by atoms with Gasteiger partial charge >= 0.3 is 0 Å². The largest absolute Gasteiger partial charge is 0.378 e. The maximum Gasteiger partial charge on any atom is 0.234 e. The lowest BCUT2D eigenvalue weighted by Crippen LogP contribution is -2.37. The summed E-state index contributed by atoms with van der Waals surface area (Å²) in [6.45, 7) is 5.09. The van der Waals surface area contributed by atoms with Crippen LogP contribution in [0, 0.1) is 0 Å². The second-order valence-electron chi connectivity index (χ2n) is 8.84. The zero-order valence-corrected chi connectivity index (χ0v) is 20.8. The minimum absolute atomic E-state index is 0.0620. The molecule has 2 aliphatic rings. The van der Waals surface area contributed by atoms with Gasteiger partial charge in [0.15, 0.2) is 5.16 Å². The number of para-hydroxylation sites is 1. The van der Waals surface area contributed by atoms with Gasteiger partial charge in [-0.05, 0) is 49.2 Å². The lowest BCUT2D eigenvalue weighted by atomic mass is 10.2. The number of thioether (sulfide) groups is 1. The fraction of sp³-hybridized carbons (Fsp3) is 0.423. The smallest absolute Gasteiger partial charge is 0.234 e. The molecule has 1 aromatic heterocycles. The molecule has 2 aromatic carbocycles. The van der Waals surface area contributed by atoms with E-state index in [1.54, 1.807) is 0 Å². The van der Waals surface area contributed by atoms with Crippen LogP contribution in [0.5, 0.6) is 0 Å². The van der Waals surface area contributed by atoms with Crippen molar-refractivity contribution in [3.8, 4) is 5.69 Å². The molecule has 5 rings (SSSR count). The van der Waals surface area contributed by atoms with Crippen molar-refractivity contribution in [1.29, 1.82) is 0 Å². The predicted octanol–water partition coefficient (Wildman–Crippen LogP) is 4.22. The average Bonchev–Trinajstić information content (AvgIpc) is 3.14. The third kappa shape index (κ3) is 5.97. The number of rotatable bonds is 7. The number of carbonyl (C=O) groups excluding carboxylic acids is 1. The van der Waals surface area contributed by atoms with E-state index < -0.39 is 0 Å². The number of carbonyl (C=O) groups is 1. The van der Waals surface area contributed by atoms with E-state index >= 15 is 0 Å². The van der Waals surface area contributed by atoms with Gasteiger partial charge in [0.1, 0.15) is 0 Å². The zero-order chi connectivity index (χ0) is 23.9. The van der Waals surface area contributed by atoms with Crippen molar-refractivity contribution in [2.24, 2.45) is 0 Å². The number of aromatic nitrogens is 3. The summed E-state index contributed by atoms with van der Waals surface area (Å²) in [6, 6.07) is 18.2. The average molecular weight is 493 g/mol. The molecule has 184 valence electrons. The highest BCUT2D eigenvalue weighted by Gasteiger charge is 2.22. The fourth-order valence-electron chi connectivity index (χ4n) is 4.54. The van der Waals surface area contributed by atoms with E-state index in [9.17, 15) is 4.79 Å². The maximum atomic E-state index is 12.7. The van der Waals surface area contributed by atoms with Crippen molar-refractivity contribution in [3.05, 3.63) is 54.6 Å². The molecule has 0 unspecified atom stereocenters. The third-order valence-electron chi connectivity index (χ3n) is 6.38. The molecule has 0 atom stereocenters. The Hall–Kier alpha value is -3.04. The van der Waals surface area contributed by atoms with Crippen molar-refractivity contribution in [2.45, 2.75) is 30.8 Å². The Morgan fingerprint density at radius 2 is 1.54 bits per heavy atom. The van der Waals surface area contributed by atoms with Gasteiger partial charge in [0.25, 0.3) is 0 Å². The Morgan fingerprint density at radius 3 is 2.26 bits per heavy atom. The van der Waals surface area contributed by atoms with Crippen LogP contribution in [-0.2, 0) is 9.53 Å². The van der Waals surface area contributed by atoms with Gasteiger partial charge in [-0.15, -0.1) is 10.2 Å². The molecule has 8 nitrogen and oxygen atoms in total. The SMILES string of the molecule is O=C(CSc1nnc(N2CCOCC2)n1-c1ccccc1)Nc1ccc(N2CCCCCC2)cc1. The van der Waals surface area contributed by atoms with Crippen LogP contribution in [-0.4, -0.2) is 65.8 Å². The summed E-state index contributed by atoms with van der Waals surface area (Å²) in [4.78, 5) is 17.4. The van der Waals surface area contributed by atoms with Crippen LogP contribution in [0.2, 0.25) is 0 Å². The van der Waals surface area contributed by atoms with Gasteiger partial charge in [0, 0.05) is 37.6 Å². The fourth-order valence-corrected chi connectivity index (χ4v) is 5.29. The topological polar surface area (TPSA) is 75.5 Å².